The molecular weight excluding hydrogens is 157 g/mol. The van der Waals surface area contributed by atoms with Crippen LogP contribution < -0.4 is 17.2 Å². The first-order valence-electron chi connectivity index (χ1n) is 2.48. The van der Waals surface area contributed by atoms with E-state index in [1.807, 2.05) is 0 Å². The van der Waals surface area contributed by atoms with E-state index in [1.165, 1.54) is 0 Å². The Bertz CT molecular complexity index is 242. The van der Waals surface area contributed by atoms with Crippen molar-refractivity contribution in [1.29, 1.82) is 0 Å². The molecule has 1 heterocycles. The van der Waals surface area contributed by atoms with Crippen LogP contribution in [0.4, 0.5) is 17.5 Å². The van der Waals surface area contributed by atoms with Gasteiger partial charge in [0.2, 0.25) is 11.8 Å². The molecule has 0 fully saturated rings. The number of nitrogens with two attached hydrogens (primary N) is 3. The maximum atomic E-state index is 8.84. The fraction of sp³-hybridized carbons (Fsp3) is 0. The van der Waals surface area contributed by atoms with E-state index >= 15 is 0 Å². The number of nitrogens with zero attached hydrogens (tertiary/aromatic N) is 2. The Morgan fingerprint density at radius 1 is 1.09 bits per heavy atom. The van der Waals surface area contributed by atoms with Gasteiger partial charge in [-0.2, -0.15) is 9.97 Å². The summed E-state index contributed by atoms with van der Waals surface area (Å²) in [5.74, 6) is -0.487. The zero-order chi connectivity index (χ0) is 7.72. The Hall–Kier alpha value is -0.720. The molecule has 0 bridgehead atoms. The van der Waals surface area contributed by atoms with Crippen molar-refractivity contribution >= 4 is 47.0 Å². The van der Waals surface area contributed by atoms with Crippen molar-refractivity contribution in [3.63, 3.8) is 0 Å². The van der Waals surface area contributed by atoms with Gasteiger partial charge in [-0.3, -0.25) is 0 Å². The summed E-state index contributed by atoms with van der Waals surface area (Å²) in [6.07, 6.45) is 0. The molecule has 1 rings (SSSR count). The first-order valence-corrected chi connectivity index (χ1v) is 2.48. The Balaban J connectivity index is 0.000001000. The molecule has 0 amide bonds. The normalized spacial score (nSPS) is 8.73. The molecule has 0 unspecified atom stereocenters. The summed E-state index contributed by atoms with van der Waals surface area (Å²) in [6, 6.07) is 0. The van der Waals surface area contributed by atoms with Gasteiger partial charge in [-0.25, -0.2) is 0 Å². The van der Waals surface area contributed by atoms with Gasteiger partial charge in [0.1, 0.15) is 5.69 Å². The zero-order valence-electron chi connectivity index (χ0n) is 5.07. The molecule has 1 aromatic heterocycles. The van der Waals surface area contributed by atoms with Crippen LogP contribution in [0.2, 0.25) is 0 Å². The fourth-order valence-electron chi connectivity index (χ4n) is 0.492. The fourth-order valence-corrected chi connectivity index (χ4v) is 0.492. The molecule has 1 aromatic rings. The average molecular weight is 165 g/mol. The third-order valence-electron chi connectivity index (χ3n) is 0.972. The summed E-state index contributed by atoms with van der Waals surface area (Å²) in [7, 11) is 0. The Kier molecular flexibility index (Phi) is 3.37. The number of rotatable bonds is 0. The maximum absolute atomic E-state index is 8.84. The number of aromatic nitrogens is 2. The summed E-state index contributed by atoms with van der Waals surface area (Å²) < 4.78 is 0. The van der Waals surface area contributed by atoms with Crippen LogP contribution >= 0.6 is 0 Å². The zero-order valence-corrected chi connectivity index (χ0v) is 5.07. The number of nitrogen functional groups attached to an aromatic ring is 3. The van der Waals surface area contributed by atoms with E-state index in [-0.39, 0.29) is 52.9 Å². The number of hydrogen-bond acceptors (Lipinski definition) is 6. The standard InChI is InChI=1S/C4H7N5O.Na.H/c5-1-2(6)8-4(7)9-3(1)10;;/h5H2,(H5,6,7,8,9,10);;. The van der Waals surface area contributed by atoms with Crippen LogP contribution in [0.5, 0.6) is 5.88 Å². The van der Waals surface area contributed by atoms with E-state index in [1.54, 1.807) is 0 Å². The van der Waals surface area contributed by atoms with E-state index in [0.717, 1.165) is 0 Å². The summed E-state index contributed by atoms with van der Waals surface area (Å²) in [5.41, 5.74) is 15.5. The second-order valence-electron chi connectivity index (χ2n) is 1.70. The SMILES string of the molecule is Nc1nc(N)c(N)c(O)n1.[NaH]. The molecule has 0 spiro atoms. The van der Waals surface area contributed by atoms with Gasteiger partial charge in [-0.1, -0.05) is 0 Å². The van der Waals surface area contributed by atoms with Crippen molar-refractivity contribution in [1.82, 2.24) is 9.97 Å². The summed E-state index contributed by atoms with van der Waals surface area (Å²) in [4.78, 5) is 6.84. The Labute approximate surface area is 85.1 Å². The molecule has 56 valence electrons. The number of aromatic hydroxyl groups is 1. The summed E-state index contributed by atoms with van der Waals surface area (Å²) in [5, 5.41) is 8.84. The van der Waals surface area contributed by atoms with Crippen LogP contribution in [0.15, 0.2) is 0 Å². The van der Waals surface area contributed by atoms with Crippen molar-refractivity contribution in [2.45, 2.75) is 0 Å². The van der Waals surface area contributed by atoms with Gasteiger partial charge < -0.3 is 22.3 Å². The minimum absolute atomic E-state index is 0. The molecular formula is C4H8N5NaO. The molecule has 0 saturated carbocycles. The average Bonchev–Trinajstić information content (AvgIpc) is 1.82. The van der Waals surface area contributed by atoms with Crippen LogP contribution in [0, 0.1) is 0 Å². The Morgan fingerprint density at radius 3 is 2.09 bits per heavy atom. The second kappa shape index (κ2) is 3.61. The van der Waals surface area contributed by atoms with Gasteiger partial charge in [0.05, 0.1) is 0 Å². The van der Waals surface area contributed by atoms with Crippen molar-refractivity contribution in [2.24, 2.45) is 0 Å². The molecule has 0 saturated heterocycles. The van der Waals surface area contributed by atoms with Gasteiger partial charge in [-0.15, -0.1) is 0 Å². The predicted octanol–water partition coefficient (Wildman–Crippen LogP) is -1.72. The van der Waals surface area contributed by atoms with Crippen molar-refractivity contribution in [2.75, 3.05) is 17.2 Å². The Morgan fingerprint density at radius 2 is 1.64 bits per heavy atom. The molecule has 11 heavy (non-hydrogen) atoms. The molecule has 0 aliphatic rings. The van der Waals surface area contributed by atoms with Crippen molar-refractivity contribution in [3.8, 4) is 5.88 Å². The third kappa shape index (κ3) is 2.11. The van der Waals surface area contributed by atoms with E-state index in [0.29, 0.717) is 0 Å². The van der Waals surface area contributed by atoms with Crippen molar-refractivity contribution in [3.05, 3.63) is 0 Å². The summed E-state index contributed by atoms with van der Waals surface area (Å²) in [6.45, 7) is 0. The molecule has 0 radical (unpaired) electrons. The van der Waals surface area contributed by atoms with Crippen LogP contribution in [-0.2, 0) is 0 Å². The first-order chi connectivity index (χ1) is 4.61. The van der Waals surface area contributed by atoms with Crippen LogP contribution in [-0.4, -0.2) is 44.6 Å². The molecule has 7 N–H and O–H groups in total. The predicted molar refractivity (Wildman–Crippen MR) is 44.1 cm³/mol. The monoisotopic (exact) mass is 165 g/mol. The van der Waals surface area contributed by atoms with Gasteiger partial charge in [0.15, 0.2) is 5.82 Å². The molecule has 6 nitrogen and oxygen atoms in total. The first kappa shape index (κ1) is 10.3. The van der Waals surface area contributed by atoms with E-state index in [2.05, 4.69) is 9.97 Å². The topological polar surface area (TPSA) is 124 Å². The van der Waals surface area contributed by atoms with Gasteiger partial charge in [0.25, 0.3) is 0 Å². The summed E-state index contributed by atoms with van der Waals surface area (Å²) >= 11 is 0. The van der Waals surface area contributed by atoms with Gasteiger partial charge >= 0.3 is 29.6 Å². The van der Waals surface area contributed by atoms with E-state index < -0.39 is 0 Å². The number of anilines is 3. The molecule has 0 aliphatic heterocycles. The van der Waals surface area contributed by atoms with Gasteiger partial charge in [0, 0.05) is 0 Å². The van der Waals surface area contributed by atoms with Gasteiger partial charge in [-0.05, 0) is 0 Å². The third-order valence-corrected chi connectivity index (χ3v) is 0.972. The molecule has 0 atom stereocenters. The van der Waals surface area contributed by atoms with Crippen LogP contribution in [0.1, 0.15) is 0 Å². The number of hydrogen-bond donors (Lipinski definition) is 4. The quantitative estimate of drug-likeness (QED) is 0.339. The minimum atomic E-state index is -0.384. The van der Waals surface area contributed by atoms with Crippen LogP contribution in [0.3, 0.4) is 0 Å². The van der Waals surface area contributed by atoms with E-state index in [9.17, 15) is 0 Å². The molecule has 0 aromatic carbocycles. The molecule has 7 heteroatoms. The molecule has 0 aliphatic carbocycles. The van der Waals surface area contributed by atoms with Crippen molar-refractivity contribution < 1.29 is 5.11 Å². The van der Waals surface area contributed by atoms with Crippen LogP contribution in [0.25, 0.3) is 0 Å². The van der Waals surface area contributed by atoms with E-state index in [4.69, 9.17) is 22.3 Å². The second-order valence-corrected chi connectivity index (χ2v) is 1.70.